The Morgan fingerprint density at radius 1 is 1.08 bits per heavy atom. The van der Waals surface area contributed by atoms with Gasteiger partial charge < -0.3 is 4.90 Å². The molecular formula is C15H16F3N3O2S. The van der Waals surface area contributed by atoms with E-state index >= 15 is 0 Å². The van der Waals surface area contributed by atoms with Crippen molar-refractivity contribution in [2.24, 2.45) is 0 Å². The van der Waals surface area contributed by atoms with E-state index in [1.54, 1.807) is 6.20 Å². The first-order valence-corrected chi connectivity index (χ1v) is 8.93. The van der Waals surface area contributed by atoms with Gasteiger partial charge in [0.05, 0.1) is 10.9 Å². The lowest BCUT2D eigenvalue weighted by atomic mass is 10.0. The van der Waals surface area contributed by atoms with Crippen molar-refractivity contribution >= 4 is 15.5 Å². The molecule has 3 rings (SSSR count). The summed E-state index contributed by atoms with van der Waals surface area (Å²) < 4.78 is 62.3. The number of halogens is 3. The van der Waals surface area contributed by atoms with Crippen LogP contribution in [0, 0.1) is 0 Å². The summed E-state index contributed by atoms with van der Waals surface area (Å²) in [5.41, 5.74) is -4.56. The van der Waals surface area contributed by atoms with Crippen LogP contribution in [0.25, 0.3) is 0 Å². The van der Waals surface area contributed by atoms with E-state index in [2.05, 4.69) is 5.10 Å². The molecule has 1 aromatic carbocycles. The zero-order chi connectivity index (χ0) is 17.4. The Balaban J connectivity index is 1.69. The quantitative estimate of drug-likeness (QED) is 0.845. The monoisotopic (exact) mass is 359 g/mol. The van der Waals surface area contributed by atoms with Gasteiger partial charge >= 0.3 is 5.51 Å². The highest BCUT2D eigenvalue weighted by Gasteiger charge is 2.46. The lowest BCUT2D eigenvalue weighted by Crippen LogP contribution is -2.34. The second-order valence-corrected chi connectivity index (χ2v) is 7.59. The maximum Gasteiger partial charge on any atom is 0.501 e. The maximum atomic E-state index is 12.5. The molecule has 1 aliphatic rings. The van der Waals surface area contributed by atoms with Gasteiger partial charge in [-0.25, -0.2) is 8.42 Å². The summed E-state index contributed by atoms with van der Waals surface area (Å²) in [5, 5.41) is 4.22. The van der Waals surface area contributed by atoms with Crippen LogP contribution in [0.2, 0.25) is 0 Å². The fourth-order valence-electron chi connectivity index (χ4n) is 2.85. The first-order chi connectivity index (χ1) is 11.3. The van der Waals surface area contributed by atoms with Crippen molar-refractivity contribution in [1.82, 2.24) is 9.78 Å². The first kappa shape index (κ1) is 16.8. The van der Waals surface area contributed by atoms with E-state index in [1.807, 2.05) is 21.8 Å². The van der Waals surface area contributed by atoms with Crippen LogP contribution >= 0.6 is 0 Å². The Hall–Kier alpha value is -2.03. The number of sulfone groups is 1. The summed E-state index contributed by atoms with van der Waals surface area (Å²) in [6.45, 7) is 1.46. The zero-order valence-electron chi connectivity index (χ0n) is 12.6. The molecule has 2 heterocycles. The van der Waals surface area contributed by atoms with Gasteiger partial charge in [-0.1, -0.05) is 0 Å². The molecule has 1 aliphatic heterocycles. The highest BCUT2D eigenvalue weighted by Crippen LogP contribution is 2.32. The van der Waals surface area contributed by atoms with Crippen LogP contribution in [0.1, 0.15) is 18.9 Å². The molecule has 0 radical (unpaired) electrons. The summed E-state index contributed by atoms with van der Waals surface area (Å²) in [4.78, 5) is 1.30. The number of hydrogen-bond donors (Lipinski definition) is 0. The van der Waals surface area contributed by atoms with Gasteiger partial charge in [0.25, 0.3) is 9.84 Å². The Morgan fingerprint density at radius 3 is 2.21 bits per heavy atom. The van der Waals surface area contributed by atoms with Crippen LogP contribution in [0.15, 0.2) is 47.6 Å². The molecule has 0 N–H and O–H groups in total. The maximum absolute atomic E-state index is 12.5. The number of aromatic nitrogens is 2. The average molecular weight is 359 g/mol. The Bertz CT molecular complexity index is 778. The predicted molar refractivity (Wildman–Crippen MR) is 82.4 cm³/mol. The van der Waals surface area contributed by atoms with Gasteiger partial charge in [-0.15, -0.1) is 0 Å². The molecule has 0 saturated carbocycles. The number of alkyl halides is 3. The van der Waals surface area contributed by atoms with Crippen molar-refractivity contribution < 1.29 is 21.6 Å². The molecule has 1 fully saturated rings. The molecule has 1 saturated heterocycles. The molecule has 0 spiro atoms. The molecule has 0 unspecified atom stereocenters. The summed E-state index contributed by atoms with van der Waals surface area (Å²) in [7, 11) is -5.29. The Kier molecular flexibility index (Phi) is 4.29. The van der Waals surface area contributed by atoms with E-state index in [0.29, 0.717) is 6.04 Å². The smallest absolute Gasteiger partial charge is 0.371 e. The van der Waals surface area contributed by atoms with Crippen molar-refractivity contribution in [2.45, 2.75) is 29.3 Å². The van der Waals surface area contributed by atoms with Crippen LogP contribution in [-0.4, -0.2) is 36.8 Å². The molecular weight excluding hydrogens is 343 g/mol. The number of nitrogens with zero attached hydrogens (tertiary/aromatic N) is 3. The fraction of sp³-hybridized carbons (Fsp3) is 0.400. The van der Waals surface area contributed by atoms with Crippen LogP contribution in [-0.2, 0) is 9.84 Å². The van der Waals surface area contributed by atoms with Crippen LogP contribution in [0.3, 0.4) is 0 Å². The molecule has 130 valence electrons. The molecule has 5 nitrogen and oxygen atoms in total. The number of benzene rings is 1. The number of piperidine rings is 1. The van der Waals surface area contributed by atoms with Crippen LogP contribution in [0.4, 0.5) is 18.9 Å². The molecule has 1 aromatic heterocycles. The summed E-state index contributed by atoms with van der Waals surface area (Å²) in [6, 6.07) is 7.04. The van der Waals surface area contributed by atoms with Crippen molar-refractivity contribution in [2.75, 3.05) is 18.0 Å². The van der Waals surface area contributed by atoms with E-state index in [-0.39, 0.29) is 0 Å². The predicted octanol–water partition coefficient (Wildman–Crippen LogP) is 3.02. The second kappa shape index (κ2) is 6.12. The second-order valence-electron chi connectivity index (χ2n) is 5.65. The van der Waals surface area contributed by atoms with E-state index in [4.69, 9.17) is 0 Å². The highest BCUT2D eigenvalue weighted by atomic mass is 32.2. The molecule has 0 atom stereocenters. The third kappa shape index (κ3) is 3.12. The normalized spacial score (nSPS) is 17.2. The fourth-order valence-corrected chi connectivity index (χ4v) is 3.62. The third-order valence-corrected chi connectivity index (χ3v) is 5.68. The lowest BCUT2D eigenvalue weighted by molar-refractivity contribution is -0.0436. The molecule has 9 heteroatoms. The lowest BCUT2D eigenvalue weighted by Gasteiger charge is -2.33. The largest absolute Gasteiger partial charge is 0.501 e. The zero-order valence-corrected chi connectivity index (χ0v) is 13.5. The first-order valence-electron chi connectivity index (χ1n) is 7.44. The topological polar surface area (TPSA) is 55.2 Å². The average Bonchev–Trinajstić information content (AvgIpc) is 3.08. The minimum absolute atomic E-state index is 0.307. The highest BCUT2D eigenvalue weighted by molar-refractivity contribution is 7.92. The molecule has 2 aromatic rings. The Morgan fingerprint density at radius 2 is 1.71 bits per heavy atom. The Labute approximate surface area is 137 Å². The van der Waals surface area contributed by atoms with Crippen molar-refractivity contribution in [3.05, 3.63) is 42.7 Å². The van der Waals surface area contributed by atoms with Crippen LogP contribution < -0.4 is 4.90 Å². The minimum Gasteiger partial charge on any atom is -0.371 e. The van der Waals surface area contributed by atoms with Gasteiger partial charge in [0.15, 0.2) is 0 Å². The van der Waals surface area contributed by atoms with Crippen molar-refractivity contribution in [3.63, 3.8) is 0 Å². The summed E-state index contributed by atoms with van der Waals surface area (Å²) in [6.07, 6.45) is 5.37. The number of hydrogen-bond acceptors (Lipinski definition) is 4. The third-order valence-electron chi connectivity index (χ3n) is 4.18. The molecule has 0 bridgehead atoms. The number of anilines is 1. The molecule has 0 aliphatic carbocycles. The van der Waals surface area contributed by atoms with Gasteiger partial charge in [0.2, 0.25) is 0 Å². The molecule has 0 amide bonds. The van der Waals surface area contributed by atoms with Gasteiger partial charge in [-0.2, -0.15) is 18.3 Å². The minimum atomic E-state index is -5.29. The molecule has 24 heavy (non-hydrogen) atoms. The van der Waals surface area contributed by atoms with Crippen LogP contribution in [0.5, 0.6) is 0 Å². The number of rotatable bonds is 3. The van der Waals surface area contributed by atoms with Gasteiger partial charge in [0.1, 0.15) is 0 Å². The van der Waals surface area contributed by atoms with E-state index in [0.717, 1.165) is 43.8 Å². The summed E-state index contributed by atoms with van der Waals surface area (Å²) in [5.74, 6) is 0. The SMILES string of the molecule is O=S(=O)(c1ccc(N2CCC(n3cccn3)CC2)cc1)C(F)(F)F. The van der Waals surface area contributed by atoms with E-state index in [1.165, 1.54) is 12.1 Å². The standard InChI is InChI=1S/C15H16F3N3O2S/c16-15(17,18)24(22,23)14-4-2-12(3-5-14)20-10-6-13(7-11-20)21-9-1-8-19-21/h1-5,8-9,13H,6-7,10-11H2. The van der Waals surface area contributed by atoms with Crippen molar-refractivity contribution in [3.8, 4) is 0 Å². The van der Waals surface area contributed by atoms with E-state index in [9.17, 15) is 21.6 Å². The van der Waals surface area contributed by atoms with Gasteiger partial charge in [-0.05, 0) is 43.2 Å². The van der Waals surface area contributed by atoms with Gasteiger partial charge in [-0.3, -0.25) is 4.68 Å². The summed E-state index contributed by atoms with van der Waals surface area (Å²) >= 11 is 0. The van der Waals surface area contributed by atoms with Gasteiger partial charge in [0, 0.05) is 31.2 Å². The van der Waals surface area contributed by atoms with E-state index < -0.39 is 20.2 Å². The van der Waals surface area contributed by atoms with Crippen molar-refractivity contribution in [1.29, 1.82) is 0 Å².